The monoisotopic (exact) mass is 692 g/mol. The highest BCUT2D eigenvalue weighted by Crippen LogP contribution is 2.29. The maximum absolute atomic E-state index is 14.5. The lowest BCUT2D eigenvalue weighted by Crippen LogP contribution is -2.45. The number of fused-ring (bicyclic) bond motifs is 2. The van der Waals surface area contributed by atoms with Crippen LogP contribution in [0.1, 0.15) is 66.4 Å². The molecule has 2 aromatic carbocycles. The van der Waals surface area contributed by atoms with Gasteiger partial charge in [0.2, 0.25) is 0 Å². The number of nitrogens with one attached hydrogen (secondary N) is 1. The summed E-state index contributed by atoms with van der Waals surface area (Å²) in [6.45, 7) is 3.66. The van der Waals surface area contributed by atoms with Gasteiger partial charge in [-0.05, 0) is 94.6 Å². The van der Waals surface area contributed by atoms with Crippen molar-refractivity contribution in [2.45, 2.75) is 70.1 Å². The molecule has 5 aromatic rings. The van der Waals surface area contributed by atoms with Crippen molar-refractivity contribution in [1.82, 2.24) is 38.8 Å². The lowest BCUT2D eigenvalue weighted by atomic mass is 9.90. The number of nitrogens with zero attached hydrogens (tertiary/aromatic N) is 7. The van der Waals surface area contributed by atoms with Gasteiger partial charge in [-0.1, -0.05) is 36.4 Å². The van der Waals surface area contributed by atoms with Crippen LogP contribution in [0.3, 0.4) is 0 Å². The van der Waals surface area contributed by atoms with Crippen molar-refractivity contribution in [2.75, 3.05) is 34.2 Å². The summed E-state index contributed by atoms with van der Waals surface area (Å²) in [5.74, 6) is 0.102. The van der Waals surface area contributed by atoms with Crippen molar-refractivity contribution in [3.63, 3.8) is 0 Å². The van der Waals surface area contributed by atoms with Gasteiger partial charge in [-0.25, -0.2) is 23.7 Å². The molecule has 0 atom stereocenters. The zero-order valence-corrected chi connectivity index (χ0v) is 29.5. The van der Waals surface area contributed by atoms with E-state index < -0.39 is 23.1 Å². The van der Waals surface area contributed by atoms with Gasteiger partial charge in [0.25, 0.3) is 11.5 Å². The number of likely N-dealkylation sites (N-methyl/N-ethyl adjacent to an activating group) is 2. The minimum atomic E-state index is -0.648. The molecule has 1 amide bonds. The highest BCUT2D eigenvalue weighted by molar-refractivity contribution is 5.92. The summed E-state index contributed by atoms with van der Waals surface area (Å²) in [6, 6.07) is 16.6. The van der Waals surface area contributed by atoms with Crippen LogP contribution in [-0.2, 0) is 19.5 Å². The molecule has 1 aliphatic carbocycles. The van der Waals surface area contributed by atoms with Gasteiger partial charge in [-0.3, -0.25) is 14.2 Å². The molecule has 11 nitrogen and oxygen atoms in total. The average Bonchev–Trinajstić information content (AvgIpc) is 3.57. The highest BCUT2D eigenvalue weighted by Gasteiger charge is 2.29. The number of carbonyl (C=O) groups excluding carboxylic acids is 1. The highest BCUT2D eigenvalue weighted by atomic mass is 19.1. The third-order valence-corrected chi connectivity index (χ3v) is 10.2. The van der Waals surface area contributed by atoms with E-state index in [1.54, 1.807) is 6.07 Å². The topological polar surface area (TPSA) is 110 Å². The number of aryl methyl sites for hydroxylation is 2. The normalized spacial score (nSPS) is 17.6. The molecule has 0 radical (unpaired) electrons. The molecule has 2 aliphatic rings. The fourth-order valence-electron chi connectivity index (χ4n) is 7.39. The lowest BCUT2D eigenvalue weighted by molar-refractivity contribution is 0.0917. The second-order valence-corrected chi connectivity index (χ2v) is 14.3. The van der Waals surface area contributed by atoms with Crippen LogP contribution in [0.25, 0.3) is 27.8 Å². The van der Waals surface area contributed by atoms with Crippen molar-refractivity contribution in [3.05, 3.63) is 111 Å². The number of aromatic nitrogens is 5. The first-order valence-electron chi connectivity index (χ1n) is 17.9. The number of halogens is 1. The third kappa shape index (κ3) is 7.43. The molecule has 0 unspecified atom stereocenters. The van der Waals surface area contributed by atoms with E-state index in [-0.39, 0.29) is 23.0 Å². The van der Waals surface area contributed by atoms with Gasteiger partial charge >= 0.3 is 5.69 Å². The largest absolute Gasteiger partial charge is 0.348 e. The Hall–Kier alpha value is -4.94. The molecule has 1 fully saturated rings. The fourth-order valence-corrected chi connectivity index (χ4v) is 7.39. The van der Waals surface area contributed by atoms with Crippen molar-refractivity contribution >= 4 is 16.9 Å². The van der Waals surface area contributed by atoms with E-state index in [1.807, 2.05) is 24.4 Å². The molecule has 0 bridgehead atoms. The first kappa shape index (κ1) is 34.5. The first-order valence-corrected chi connectivity index (χ1v) is 17.9. The molecule has 266 valence electrons. The van der Waals surface area contributed by atoms with Gasteiger partial charge in [-0.15, -0.1) is 0 Å². The van der Waals surface area contributed by atoms with Gasteiger partial charge < -0.3 is 19.7 Å². The molecule has 0 spiro atoms. The Morgan fingerprint density at radius 3 is 2.49 bits per heavy atom. The molecule has 1 aliphatic heterocycles. The average molecular weight is 693 g/mol. The predicted octanol–water partition coefficient (Wildman–Crippen LogP) is 4.79. The van der Waals surface area contributed by atoms with Gasteiger partial charge in [0.15, 0.2) is 5.65 Å². The molecular weight excluding hydrogens is 647 g/mol. The van der Waals surface area contributed by atoms with Crippen LogP contribution in [0.15, 0.2) is 76.6 Å². The van der Waals surface area contributed by atoms with E-state index in [1.165, 1.54) is 14.7 Å². The summed E-state index contributed by atoms with van der Waals surface area (Å²) in [7, 11) is 6.25. The minimum absolute atomic E-state index is 0.0434. The van der Waals surface area contributed by atoms with Crippen molar-refractivity contribution in [2.24, 2.45) is 0 Å². The van der Waals surface area contributed by atoms with Gasteiger partial charge in [0.05, 0.1) is 17.3 Å². The van der Waals surface area contributed by atoms with E-state index in [0.717, 1.165) is 74.7 Å². The van der Waals surface area contributed by atoms with E-state index in [9.17, 15) is 18.8 Å². The summed E-state index contributed by atoms with van der Waals surface area (Å²) in [4.78, 5) is 54.5. The van der Waals surface area contributed by atoms with Crippen LogP contribution in [0, 0.1) is 5.82 Å². The number of pyridine rings is 1. The maximum Gasteiger partial charge on any atom is 0.337 e. The number of carbonyl (C=O) groups is 1. The predicted molar refractivity (Wildman–Crippen MR) is 196 cm³/mol. The SMILES string of the molecule is CN(C)CCN(C)Cc1ccc(-c2cccc(-n3c(=O)n(C4CCC(NC(=O)c5cn6c(n5)CCCC6)CC4)c(=O)c4cc(F)cnc43)c2)cc1. The second kappa shape index (κ2) is 14.7. The molecule has 1 saturated carbocycles. The molecule has 3 aromatic heterocycles. The van der Waals surface area contributed by atoms with Gasteiger partial charge in [0, 0.05) is 50.9 Å². The van der Waals surface area contributed by atoms with E-state index in [2.05, 4.69) is 75.1 Å². The fraction of sp³-hybridized carbons (Fsp3) is 0.410. The molecular formula is C39H45FN8O3. The molecule has 1 N–H and O–H groups in total. The summed E-state index contributed by atoms with van der Waals surface area (Å²) in [5.41, 5.74) is 3.08. The van der Waals surface area contributed by atoms with E-state index in [4.69, 9.17) is 0 Å². The number of amides is 1. The minimum Gasteiger partial charge on any atom is -0.348 e. The lowest BCUT2D eigenvalue weighted by Gasteiger charge is -2.30. The van der Waals surface area contributed by atoms with E-state index in [0.29, 0.717) is 37.1 Å². The summed E-state index contributed by atoms with van der Waals surface area (Å²) in [6.07, 6.45) is 8.09. The molecule has 0 saturated heterocycles. The Bertz CT molecular complexity index is 2140. The Labute approximate surface area is 296 Å². The third-order valence-electron chi connectivity index (χ3n) is 10.2. The Morgan fingerprint density at radius 2 is 1.75 bits per heavy atom. The Kier molecular flexibility index (Phi) is 9.97. The van der Waals surface area contributed by atoms with Crippen molar-refractivity contribution < 1.29 is 9.18 Å². The van der Waals surface area contributed by atoms with Gasteiger partial charge in [0.1, 0.15) is 17.3 Å². The standard InChI is InChI=1S/C39H45FN8O3/c1-44(2)19-20-45(3)24-26-10-12-27(13-11-26)28-7-6-8-32(21-28)47-36-33(22-29(40)23-41-36)38(50)48(39(47)51)31-16-14-30(15-17-31)42-37(49)34-25-46-18-5-4-9-35(46)43-34/h6-8,10-13,21-23,25,30-31H,4-5,9,14-20,24H2,1-3H3,(H,42,49). The number of rotatable bonds is 10. The Morgan fingerprint density at radius 1 is 0.961 bits per heavy atom. The van der Waals surface area contributed by atoms with Crippen molar-refractivity contribution in [1.29, 1.82) is 0 Å². The van der Waals surface area contributed by atoms with Crippen LogP contribution in [-0.4, -0.2) is 79.7 Å². The van der Waals surface area contributed by atoms with Crippen LogP contribution < -0.4 is 16.6 Å². The van der Waals surface area contributed by atoms with Crippen molar-refractivity contribution in [3.8, 4) is 16.8 Å². The number of hydrogen-bond acceptors (Lipinski definition) is 7. The van der Waals surface area contributed by atoms with Crippen LogP contribution in [0.4, 0.5) is 4.39 Å². The number of hydrogen-bond donors (Lipinski definition) is 1. The first-order chi connectivity index (χ1) is 24.6. The van der Waals surface area contributed by atoms with E-state index >= 15 is 0 Å². The summed E-state index contributed by atoms with van der Waals surface area (Å²) in [5, 5.41) is 3.16. The molecule has 4 heterocycles. The summed E-state index contributed by atoms with van der Waals surface area (Å²) >= 11 is 0. The summed E-state index contributed by atoms with van der Waals surface area (Å²) < 4.78 is 19.3. The molecule has 51 heavy (non-hydrogen) atoms. The number of benzene rings is 2. The van der Waals surface area contributed by atoms with Crippen LogP contribution >= 0.6 is 0 Å². The second-order valence-electron chi connectivity index (χ2n) is 14.3. The Balaban J connectivity index is 1.13. The van der Waals surface area contributed by atoms with Crippen LogP contribution in [0.5, 0.6) is 0 Å². The molecule has 12 heteroatoms. The maximum atomic E-state index is 14.5. The van der Waals surface area contributed by atoms with Gasteiger partial charge in [-0.2, -0.15) is 0 Å². The molecule has 7 rings (SSSR count). The zero-order chi connectivity index (χ0) is 35.6. The zero-order valence-electron chi connectivity index (χ0n) is 29.5. The smallest absolute Gasteiger partial charge is 0.337 e. The number of imidazole rings is 1. The quantitative estimate of drug-likeness (QED) is 0.224. The van der Waals surface area contributed by atoms with Crippen LogP contribution in [0.2, 0.25) is 0 Å².